The summed E-state index contributed by atoms with van der Waals surface area (Å²) in [7, 11) is -4.31. The zero-order valence-corrected chi connectivity index (χ0v) is 16.9. The molecule has 0 aliphatic heterocycles. The molecule has 2 aromatic rings. The second-order valence-electron chi connectivity index (χ2n) is 6.41. The van der Waals surface area contributed by atoms with Gasteiger partial charge in [-0.3, -0.25) is 8.98 Å². The Kier molecular flexibility index (Phi) is 7.19. The molecule has 1 N–H and O–H groups in total. The minimum atomic E-state index is -5.89. The number of hydrogen-bond donors (Lipinski definition) is 1. The third-order valence-electron chi connectivity index (χ3n) is 3.95. The molecule has 16 heteroatoms. The van der Waals surface area contributed by atoms with Crippen LogP contribution in [0.2, 0.25) is 0 Å². The van der Waals surface area contributed by atoms with Gasteiger partial charge in [-0.15, -0.1) is 0 Å². The van der Waals surface area contributed by atoms with Gasteiger partial charge in [0.05, 0.1) is 11.4 Å². The van der Waals surface area contributed by atoms with Crippen LogP contribution < -0.4 is 5.32 Å². The maximum absolute atomic E-state index is 12.9. The molecule has 0 aliphatic carbocycles. The van der Waals surface area contributed by atoms with Gasteiger partial charge < -0.3 is 15.4 Å². The molecule has 0 saturated carbocycles. The van der Waals surface area contributed by atoms with E-state index in [-0.39, 0.29) is 4.90 Å². The fourth-order valence-corrected chi connectivity index (χ4v) is 3.14. The number of nitro groups is 1. The number of halogens is 5. The number of imidazole rings is 1. The third-order valence-corrected chi connectivity index (χ3v) is 5.23. The average molecular weight is 486 g/mol. The first-order chi connectivity index (χ1) is 14.6. The lowest BCUT2D eigenvalue weighted by Gasteiger charge is -2.19. The van der Waals surface area contributed by atoms with Gasteiger partial charge in [0, 0.05) is 0 Å². The molecule has 1 aromatic carbocycles. The van der Waals surface area contributed by atoms with Crippen LogP contribution in [0.5, 0.6) is 0 Å². The zero-order chi connectivity index (χ0) is 24.3. The van der Waals surface area contributed by atoms with Crippen LogP contribution in [0.3, 0.4) is 0 Å². The molecule has 1 heterocycles. The first-order valence-corrected chi connectivity index (χ1v) is 9.90. The van der Waals surface area contributed by atoms with Crippen LogP contribution in [0.15, 0.2) is 35.5 Å². The van der Waals surface area contributed by atoms with Crippen molar-refractivity contribution in [2.24, 2.45) is 0 Å². The van der Waals surface area contributed by atoms with Gasteiger partial charge in [0.1, 0.15) is 6.61 Å². The summed E-state index contributed by atoms with van der Waals surface area (Å²) in [5, 5.41) is 12.6. The van der Waals surface area contributed by atoms with Crippen molar-refractivity contribution in [2.75, 3.05) is 6.54 Å². The molecule has 0 atom stereocenters. The summed E-state index contributed by atoms with van der Waals surface area (Å²) in [5.74, 6) is -7.50. The van der Waals surface area contributed by atoms with E-state index in [1.54, 1.807) is 6.92 Å². The van der Waals surface area contributed by atoms with E-state index in [1.807, 2.05) is 0 Å². The SMILES string of the molecule is Cc1ccc(S(=O)(=O)OCc2ncn(CC(=O)NCC(F)(F)C(F)(F)F)c2[N+](=O)[O-])cc1. The lowest BCUT2D eigenvalue weighted by Crippen LogP contribution is -2.47. The number of nitrogens with zero attached hydrogens (tertiary/aromatic N) is 3. The van der Waals surface area contributed by atoms with E-state index in [2.05, 4.69) is 4.98 Å². The summed E-state index contributed by atoms with van der Waals surface area (Å²) < 4.78 is 91.8. The normalized spacial score (nSPS) is 12.6. The molecule has 1 amide bonds. The quantitative estimate of drug-likeness (QED) is 0.249. The van der Waals surface area contributed by atoms with Crippen molar-refractivity contribution >= 4 is 21.8 Å². The predicted molar refractivity (Wildman–Crippen MR) is 96.0 cm³/mol. The minimum absolute atomic E-state index is 0.227. The Bertz CT molecular complexity index is 1100. The Morgan fingerprint density at radius 2 is 1.81 bits per heavy atom. The van der Waals surface area contributed by atoms with Gasteiger partial charge >= 0.3 is 17.9 Å². The number of rotatable bonds is 9. The van der Waals surface area contributed by atoms with Crippen LogP contribution in [-0.2, 0) is 32.2 Å². The number of carbonyl (C=O) groups is 1. The van der Waals surface area contributed by atoms with Gasteiger partial charge in [0.2, 0.25) is 0 Å². The zero-order valence-electron chi connectivity index (χ0n) is 16.1. The molecule has 176 valence electrons. The molecule has 0 spiro atoms. The first-order valence-electron chi connectivity index (χ1n) is 8.50. The van der Waals surface area contributed by atoms with Crippen molar-refractivity contribution < 1.29 is 44.3 Å². The molecular weight excluding hydrogens is 471 g/mol. The van der Waals surface area contributed by atoms with Crippen LogP contribution in [0.4, 0.5) is 27.8 Å². The third kappa shape index (κ3) is 5.97. The largest absolute Gasteiger partial charge is 0.455 e. The number of alkyl halides is 5. The van der Waals surface area contributed by atoms with E-state index in [4.69, 9.17) is 4.18 Å². The number of nitrogens with one attached hydrogen (secondary N) is 1. The topological polar surface area (TPSA) is 133 Å². The lowest BCUT2D eigenvalue weighted by atomic mass is 10.2. The molecule has 0 unspecified atom stereocenters. The van der Waals surface area contributed by atoms with Crippen LogP contribution in [0, 0.1) is 17.0 Å². The Morgan fingerprint density at radius 3 is 2.34 bits per heavy atom. The molecule has 0 radical (unpaired) electrons. The summed E-state index contributed by atoms with van der Waals surface area (Å²) in [5.41, 5.74) is 0.253. The highest BCUT2D eigenvalue weighted by atomic mass is 32.2. The Morgan fingerprint density at radius 1 is 1.22 bits per heavy atom. The van der Waals surface area contributed by atoms with E-state index < -0.39 is 64.3 Å². The molecule has 2 rings (SSSR count). The molecule has 0 bridgehead atoms. The summed E-state index contributed by atoms with van der Waals surface area (Å²) in [6, 6.07) is 5.49. The van der Waals surface area contributed by atoms with Crippen molar-refractivity contribution in [1.82, 2.24) is 14.9 Å². The highest BCUT2D eigenvalue weighted by molar-refractivity contribution is 7.86. The lowest BCUT2D eigenvalue weighted by molar-refractivity contribution is -0.393. The Balaban J connectivity index is 2.11. The van der Waals surface area contributed by atoms with Gasteiger partial charge in [0.25, 0.3) is 16.0 Å². The molecule has 10 nitrogen and oxygen atoms in total. The fraction of sp³-hybridized carbons (Fsp3) is 0.375. The molecular formula is C16H15F5N4O6S. The van der Waals surface area contributed by atoms with Gasteiger partial charge in [-0.1, -0.05) is 17.7 Å². The molecule has 0 fully saturated rings. The van der Waals surface area contributed by atoms with E-state index in [0.29, 0.717) is 4.57 Å². The van der Waals surface area contributed by atoms with Crippen molar-refractivity contribution in [3.8, 4) is 0 Å². The van der Waals surface area contributed by atoms with Gasteiger partial charge in [-0.05, 0) is 24.0 Å². The summed E-state index contributed by atoms with van der Waals surface area (Å²) in [6.07, 6.45) is -5.18. The number of hydrogen-bond acceptors (Lipinski definition) is 7. The average Bonchev–Trinajstić information content (AvgIpc) is 3.07. The number of amides is 1. The molecule has 0 aliphatic rings. The van der Waals surface area contributed by atoms with Crippen molar-refractivity contribution in [1.29, 1.82) is 0 Å². The van der Waals surface area contributed by atoms with Crippen LogP contribution in [-0.4, -0.2) is 47.4 Å². The maximum Gasteiger partial charge on any atom is 0.455 e. The van der Waals surface area contributed by atoms with E-state index >= 15 is 0 Å². The highest BCUT2D eigenvalue weighted by Crippen LogP contribution is 2.34. The standard InChI is InChI=1S/C16H15F5N4O6S/c1-10-2-4-11(5-3-10)32(29,30)31-7-12-14(25(27)28)24(9-23-12)6-13(26)22-8-15(17,18)16(19,20)21/h2-5,9H,6-8H2,1H3,(H,22,26). The number of aryl methyl sites for hydroxylation is 1. The predicted octanol–water partition coefficient (Wildman–Crippen LogP) is 2.32. The maximum atomic E-state index is 12.9. The smallest absolute Gasteiger partial charge is 0.358 e. The summed E-state index contributed by atoms with van der Waals surface area (Å²) >= 11 is 0. The summed E-state index contributed by atoms with van der Waals surface area (Å²) in [4.78, 5) is 25.3. The van der Waals surface area contributed by atoms with Crippen LogP contribution in [0.25, 0.3) is 0 Å². The fourth-order valence-electron chi connectivity index (χ4n) is 2.27. The summed E-state index contributed by atoms with van der Waals surface area (Å²) in [6.45, 7) is -2.27. The molecule has 32 heavy (non-hydrogen) atoms. The van der Waals surface area contributed by atoms with E-state index in [0.717, 1.165) is 11.9 Å². The van der Waals surface area contributed by atoms with Gasteiger partial charge in [-0.2, -0.15) is 30.4 Å². The second-order valence-corrected chi connectivity index (χ2v) is 8.02. The van der Waals surface area contributed by atoms with Gasteiger partial charge in [-0.25, -0.2) is 9.55 Å². The van der Waals surface area contributed by atoms with Crippen molar-refractivity contribution in [2.45, 2.75) is 37.1 Å². The number of benzene rings is 1. The Hall–Kier alpha value is -3.14. The second kappa shape index (κ2) is 9.15. The Labute approximate surface area is 177 Å². The van der Waals surface area contributed by atoms with Crippen LogP contribution in [0.1, 0.15) is 11.3 Å². The first kappa shape index (κ1) is 25.1. The van der Waals surface area contributed by atoms with Crippen molar-refractivity contribution in [3.05, 3.63) is 52.0 Å². The number of aromatic nitrogens is 2. The molecule has 1 aromatic heterocycles. The minimum Gasteiger partial charge on any atom is -0.358 e. The van der Waals surface area contributed by atoms with E-state index in [1.165, 1.54) is 29.6 Å². The number of carbonyl (C=O) groups excluding carboxylic acids is 1. The van der Waals surface area contributed by atoms with E-state index in [9.17, 15) is 45.3 Å². The van der Waals surface area contributed by atoms with Crippen LogP contribution >= 0.6 is 0 Å². The highest BCUT2D eigenvalue weighted by Gasteiger charge is 2.57. The monoisotopic (exact) mass is 486 g/mol. The molecule has 0 saturated heterocycles. The van der Waals surface area contributed by atoms with Gasteiger partial charge in [0.15, 0.2) is 18.6 Å². The van der Waals surface area contributed by atoms with Crippen molar-refractivity contribution in [3.63, 3.8) is 0 Å².